The van der Waals surface area contributed by atoms with Crippen molar-refractivity contribution in [1.82, 2.24) is 5.32 Å². The van der Waals surface area contributed by atoms with E-state index in [9.17, 15) is 23.1 Å². The predicted molar refractivity (Wildman–Crippen MR) is 95.8 cm³/mol. The number of rotatable bonds is 7. The van der Waals surface area contributed by atoms with Crippen molar-refractivity contribution in [2.75, 3.05) is 6.54 Å². The Labute approximate surface area is 156 Å². The fourth-order valence-corrected chi connectivity index (χ4v) is 3.21. The smallest absolute Gasteiger partial charge is 0.383 e. The summed E-state index contributed by atoms with van der Waals surface area (Å²) in [5, 5.41) is 13.8. The van der Waals surface area contributed by atoms with Gasteiger partial charge in [0.1, 0.15) is 5.60 Å². The minimum absolute atomic E-state index is 0.132. The Kier molecular flexibility index (Phi) is 5.56. The Balaban J connectivity index is 1.53. The molecule has 6 heteroatoms. The van der Waals surface area contributed by atoms with Gasteiger partial charge in [-0.2, -0.15) is 13.2 Å². The molecule has 0 aromatic heterocycles. The maximum absolute atomic E-state index is 12.6. The van der Waals surface area contributed by atoms with E-state index in [1.54, 1.807) is 0 Å². The number of carbonyl (C=O) groups excluding carboxylic acids is 1. The third-order valence-electron chi connectivity index (χ3n) is 5.00. The zero-order valence-electron chi connectivity index (χ0n) is 14.8. The van der Waals surface area contributed by atoms with Crippen LogP contribution in [0.15, 0.2) is 54.6 Å². The summed E-state index contributed by atoms with van der Waals surface area (Å²) in [5.74, 6) is -0.0972. The zero-order valence-corrected chi connectivity index (χ0v) is 14.8. The fraction of sp³-hybridized carbons (Fsp3) is 0.381. The van der Waals surface area contributed by atoms with E-state index in [1.165, 1.54) is 12.1 Å². The van der Waals surface area contributed by atoms with E-state index in [1.807, 2.05) is 30.3 Å². The Morgan fingerprint density at radius 1 is 1.00 bits per heavy atom. The van der Waals surface area contributed by atoms with Gasteiger partial charge in [-0.15, -0.1) is 0 Å². The lowest BCUT2D eigenvalue weighted by molar-refractivity contribution is -0.137. The first-order valence-electron chi connectivity index (χ1n) is 9.00. The number of halogens is 3. The summed E-state index contributed by atoms with van der Waals surface area (Å²) >= 11 is 0. The van der Waals surface area contributed by atoms with Crippen LogP contribution in [-0.4, -0.2) is 17.6 Å². The molecule has 1 aliphatic rings. The van der Waals surface area contributed by atoms with Gasteiger partial charge >= 0.3 is 6.18 Å². The molecule has 1 saturated carbocycles. The fourth-order valence-electron chi connectivity index (χ4n) is 3.21. The maximum atomic E-state index is 12.6. The third kappa shape index (κ3) is 4.89. The van der Waals surface area contributed by atoms with E-state index >= 15 is 0 Å². The van der Waals surface area contributed by atoms with Crippen LogP contribution in [0.1, 0.15) is 36.0 Å². The van der Waals surface area contributed by atoms with Crippen molar-refractivity contribution in [3.05, 3.63) is 71.3 Å². The second-order valence-electron chi connectivity index (χ2n) is 7.04. The Morgan fingerprint density at radius 2 is 1.63 bits per heavy atom. The summed E-state index contributed by atoms with van der Waals surface area (Å²) in [5.41, 5.74) is -0.326. The highest BCUT2D eigenvalue weighted by Crippen LogP contribution is 2.45. The minimum atomic E-state index is -4.36. The molecular weight excluding hydrogens is 355 g/mol. The highest BCUT2D eigenvalue weighted by Gasteiger charge is 2.45. The number of amides is 1. The first-order chi connectivity index (χ1) is 12.8. The Bertz CT molecular complexity index is 770. The number of benzene rings is 2. The number of aryl methyl sites for hydroxylation is 1. The number of hydrogen-bond acceptors (Lipinski definition) is 2. The van der Waals surface area contributed by atoms with Crippen LogP contribution in [-0.2, 0) is 23.0 Å². The second-order valence-corrected chi connectivity index (χ2v) is 7.04. The van der Waals surface area contributed by atoms with Gasteiger partial charge in [-0.05, 0) is 48.4 Å². The normalized spacial score (nSPS) is 16.6. The highest BCUT2D eigenvalue weighted by molar-refractivity contribution is 5.76. The van der Waals surface area contributed by atoms with Gasteiger partial charge in [0.25, 0.3) is 0 Å². The van der Waals surface area contributed by atoms with Crippen molar-refractivity contribution in [2.45, 2.75) is 37.5 Å². The summed E-state index contributed by atoms with van der Waals surface area (Å²) in [6.07, 6.45) is -2.02. The summed E-state index contributed by atoms with van der Waals surface area (Å²) in [6, 6.07) is 14.1. The van der Waals surface area contributed by atoms with Gasteiger partial charge in [0, 0.05) is 6.42 Å². The molecule has 2 aromatic carbocycles. The molecule has 1 fully saturated rings. The van der Waals surface area contributed by atoms with Crippen molar-refractivity contribution in [3.63, 3.8) is 0 Å². The third-order valence-corrected chi connectivity index (χ3v) is 5.00. The van der Waals surface area contributed by atoms with Crippen LogP contribution < -0.4 is 5.32 Å². The van der Waals surface area contributed by atoms with Crippen molar-refractivity contribution in [3.8, 4) is 0 Å². The van der Waals surface area contributed by atoms with Gasteiger partial charge in [0.05, 0.1) is 12.1 Å². The van der Waals surface area contributed by atoms with E-state index in [0.29, 0.717) is 12.0 Å². The molecule has 0 saturated heterocycles. The Morgan fingerprint density at radius 3 is 2.19 bits per heavy atom. The number of hydrogen-bond donors (Lipinski definition) is 2. The number of carbonyl (C=O) groups is 1. The molecule has 1 unspecified atom stereocenters. The zero-order chi connectivity index (χ0) is 19.5. The van der Waals surface area contributed by atoms with E-state index < -0.39 is 17.3 Å². The topological polar surface area (TPSA) is 49.3 Å². The Hall–Kier alpha value is -2.34. The van der Waals surface area contributed by atoms with E-state index in [4.69, 9.17) is 0 Å². The van der Waals surface area contributed by atoms with Gasteiger partial charge in [0.2, 0.25) is 5.91 Å². The molecule has 3 nitrogen and oxygen atoms in total. The molecule has 0 radical (unpaired) electrons. The maximum Gasteiger partial charge on any atom is 0.416 e. The van der Waals surface area contributed by atoms with Gasteiger partial charge in [-0.25, -0.2) is 0 Å². The molecule has 1 amide bonds. The molecule has 2 aromatic rings. The second kappa shape index (κ2) is 7.72. The van der Waals surface area contributed by atoms with Gasteiger partial charge in [-0.3, -0.25) is 4.79 Å². The summed E-state index contributed by atoms with van der Waals surface area (Å²) < 4.78 is 37.7. The monoisotopic (exact) mass is 377 g/mol. The largest absolute Gasteiger partial charge is 0.416 e. The summed E-state index contributed by atoms with van der Waals surface area (Å²) in [6.45, 7) is 0.132. The van der Waals surface area contributed by atoms with Crippen LogP contribution in [0.3, 0.4) is 0 Å². The molecule has 0 bridgehead atoms. The lowest BCUT2D eigenvalue weighted by atomic mass is 9.88. The van der Waals surface area contributed by atoms with Crippen molar-refractivity contribution in [1.29, 1.82) is 0 Å². The molecule has 3 rings (SSSR count). The van der Waals surface area contributed by atoms with Crippen molar-refractivity contribution >= 4 is 5.91 Å². The lowest BCUT2D eigenvalue weighted by Crippen LogP contribution is -2.42. The van der Waals surface area contributed by atoms with Crippen LogP contribution in [0, 0.1) is 5.92 Å². The molecule has 0 heterocycles. The molecule has 27 heavy (non-hydrogen) atoms. The first kappa shape index (κ1) is 19.4. The molecular formula is C21H22F3NO2. The quantitative estimate of drug-likeness (QED) is 0.765. The number of aliphatic hydroxyl groups is 1. The number of nitrogens with one attached hydrogen (secondary N) is 1. The predicted octanol–water partition coefficient (Wildman–Crippen LogP) is 4.05. The lowest BCUT2D eigenvalue weighted by Gasteiger charge is -2.29. The van der Waals surface area contributed by atoms with Crippen LogP contribution in [0.2, 0.25) is 0 Å². The van der Waals surface area contributed by atoms with Gasteiger partial charge < -0.3 is 10.4 Å². The summed E-state index contributed by atoms with van der Waals surface area (Å²) in [4.78, 5) is 12.2. The van der Waals surface area contributed by atoms with Crippen LogP contribution in [0.5, 0.6) is 0 Å². The van der Waals surface area contributed by atoms with Crippen molar-refractivity contribution in [2.24, 2.45) is 5.92 Å². The average molecular weight is 377 g/mol. The molecule has 0 spiro atoms. The van der Waals surface area contributed by atoms with Crippen LogP contribution in [0.25, 0.3) is 0 Å². The van der Waals surface area contributed by atoms with E-state index in [-0.39, 0.29) is 24.8 Å². The van der Waals surface area contributed by atoms with Gasteiger partial charge in [0.15, 0.2) is 0 Å². The first-order valence-corrected chi connectivity index (χ1v) is 9.00. The van der Waals surface area contributed by atoms with E-state index in [2.05, 4.69) is 5.32 Å². The SMILES string of the molecule is O=C(CCc1ccc(C(F)(F)F)cc1)NCC(O)(c1ccccc1)C1CC1. The minimum Gasteiger partial charge on any atom is -0.383 e. The average Bonchev–Trinajstić information content (AvgIpc) is 3.50. The molecule has 1 aliphatic carbocycles. The molecule has 144 valence electrons. The summed E-state index contributed by atoms with van der Waals surface area (Å²) in [7, 11) is 0. The highest BCUT2D eigenvalue weighted by atomic mass is 19.4. The van der Waals surface area contributed by atoms with Crippen molar-refractivity contribution < 1.29 is 23.1 Å². The van der Waals surface area contributed by atoms with Gasteiger partial charge in [-0.1, -0.05) is 42.5 Å². The van der Waals surface area contributed by atoms with Crippen LogP contribution >= 0.6 is 0 Å². The molecule has 2 N–H and O–H groups in total. The standard InChI is InChI=1S/C21H22F3NO2/c22-21(23,24)18-9-6-15(7-10-18)8-13-19(26)25-14-20(27,17-11-12-17)16-4-2-1-3-5-16/h1-7,9-10,17,27H,8,11-14H2,(H,25,26). The van der Waals surface area contributed by atoms with Crippen LogP contribution in [0.4, 0.5) is 13.2 Å². The molecule has 0 aliphatic heterocycles. The molecule has 1 atom stereocenters. The number of alkyl halides is 3. The van der Waals surface area contributed by atoms with E-state index in [0.717, 1.165) is 30.5 Å².